The van der Waals surface area contributed by atoms with Gasteiger partial charge in [0.2, 0.25) is 5.90 Å². The lowest BCUT2D eigenvalue weighted by Gasteiger charge is -2.09. The minimum absolute atomic E-state index is 0.0256. The second-order valence-electron chi connectivity index (χ2n) is 8.38. The van der Waals surface area contributed by atoms with Crippen molar-refractivity contribution in [2.24, 2.45) is 4.99 Å². The number of nitro benzene ring substituents is 1. The molecule has 0 saturated heterocycles. The van der Waals surface area contributed by atoms with Crippen LogP contribution in [0.4, 0.5) is 5.69 Å². The zero-order chi connectivity index (χ0) is 26.8. The van der Waals surface area contributed by atoms with Gasteiger partial charge in [0.15, 0.2) is 17.2 Å². The summed E-state index contributed by atoms with van der Waals surface area (Å²) in [5, 5.41) is 15.9. The molecule has 0 fully saturated rings. The van der Waals surface area contributed by atoms with Crippen LogP contribution in [0.1, 0.15) is 16.7 Å². The molecule has 0 bridgehead atoms. The molecule has 10 heteroatoms. The number of carbonyl (C=O) groups excluding carboxylic acids is 1. The lowest BCUT2D eigenvalue weighted by atomic mass is 10.1. The van der Waals surface area contributed by atoms with Gasteiger partial charge in [-0.25, -0.2) is 14.5 Å². The molecule has 4 aromatic rings. The number of methoxy groups -OCH3 is 2. The summed E-state index contributed by atoms with van der Waals surface area (Å²) in [5.41, 5.74) is 3.73. The van der Waals surface area contributed by atoms with Gasteiger partial charge in [0.05, 0.1) is 24.8 Å². The van der Waals surface area contributed by atoms with Crippen molar-refractivity contribution in [3.63, 3.8) is 0 Å². The van der Waals surface area contributed by atoms with E-state index in [0.717, 1.165) is 11.3 Å². The van der Waals surface area contributed by atoms with Gasteiger partial charge in [-0.15, -0.1) is 0 Å². The average Bonchev–Trinajstić information content (AvgIpc) is 3.52. The summed E-state index contributed by atoms with van der Waals surface area (Å²) in [7, 11) is 3.11. The summed E-state index contributed by atoms with van der Waals surface area (Å²) in [6.07, 6.45) is 3.40. The lowest BCUT2D eigenvalue weighted by Crippen LogP contribution is -2.06. The van der Waals surface area contributed by atoms with Crippen molar-refractivity contribution in [1.82, 2.24) is 9.78 Å². The Hall–Kier alpha value is -5.25. The van der Waals surface area contributed by atoms with Gasteiger partial charge in [-0.1, -0.05) is 18.2 Å². The van der Waals surface area contributed by atoms with Gasteiger partial charge < -0.3 is 14.2 Å². The van der Waals surface area contributed by atoms with Crippen molar-refractivity contribution in [3.8, 4) is 28.4 Å². The Kier molecular flexibility index (Phi) is 6.44. The van der Waals surface area contributed by atoms with Crippen molar-refractivity contribution in [3.05, 3.63) is 105 Å². The van der Waals surface area contributed by atoms with Gasteiger partial charge in [0, 0.05) is 34.5 Å². The first-order valence-corrected chi connectivity index (χ1v) is 11.5. The molecule has 10 nitrogen and oxygen atoms in total. The van der Waals surface area contributed by atoms with Crippen molar-refractivity contribution in [1.29, 1.82) is 0 Å². The Labute approximate surface area is 217 Å². The highest BCUT2D eigenvalue weighted by molar-refractivity contribution is 6.13. The van der Waals surface area contributed by atoms with E-state index in [2.05, 4.69) is 4.99 Å². The number of carbonyl (C=O) groups is 1. The Balaban J connectivity index is 1.59. The van der Waals surface area contributed by atoms with E-state index < -0.39 is 10.9 Å². The first-order valence-electron chi connectivity index (χ1n) is 11.5. The second-order valence-corrected chi connectivity index (χ2v) is 8.38. The SMILES string of the molecule is COc1ccc(-c2nn(-c3ccccc3)cc2/C=C2\N=C(c3ccc([N+](=O)[O-])c(C)c3)OC2=O)cc1OC. The predicted molar refractivity (Wildman–Crippen MR) is 141 cm³/mol. The van der Waals surface area contributed by atoms with Gasteiger partial charge >= 0.3 is 5.97 Å². The molecule has 0 aliphatic carbocycles. The van der Waals surface area contributed by atoms with Gasteiger partial charge in [-0.3, -0.25) is 10.1 Å². The summed E-state index contributed by atoms with van der Waals surface area (Å²) in [6, 6.07) is 19.4. The minimum atomic E-state index is -0.637. The molecule has 0 spiro atoms. The number of benzene rings is 3. The van der Waals surface area contributed by atoms with Crippen LogP contribution in [-0.2, 0) is 9.53 Å². The van der Waals surface area contributed by atoms with Crippen LogP contribution >= 0.6 is 0 Å². The summed E-state index contributed by atoms with van der Waals surface area (Å²) in [6.45, 7) is 1.61. The molecular formula is C28H22N4O6. The molecule has 1 aliphatic heterocycles. The smallest absolute Gasteiger partial charge is 0.363 e. The molecule has 5 rings (SSSR count). The fraction of sp³-hybridized carbons (Fsp3) is 0.107. The van der Waals surface area contributed by atoms with E-state index >= 15 is 0 Å². The highest BCUT2D eigenvalue weighted by Crippen LogP contribution is 2.34. The van der Waals surface area contributed by atoms with Crippen LogP contribution in [0.3, 0.4) is 0 Å². The third-order valence-electron chi connectivity index (χ3n) is 5.97. The van der Waals surface area contributed by atoms with Gasteiger partial charge in [-0.2, -0.15) is 5.10 Å². The molecule has 1 aromatic heterocycles. The number of para-hydroxylation sites is 1. The normalized spacial score (nSPS) is 13.8. The van der Waals surface area contributed by atoms with E-state index in [-0.39, 0.29) is 17.3 Å². The topological polar surface area (TPSA) is 118 Å². The Morgan fingerprint density at radius 1 is 0.974 bits per heavy atom. The maximum Gasteiger partial charge on any atom is 0.363 e. The molecule has 0 N–H and O–H groups in total. The molecule has 1 aliphatic rings. The third-order valence-corrected chi connectivity index (χ3v) is 5.97. The summed E-state index contributed by atoms with van der Waals surface area (Å²) >= 11 is 0. The van der Waals surface area contributed by atoms with E-state index in [9.17, 15) is 14.9 Å². The summed E-state index contributed by atoms with van der Waals surface area (Å²) < 4.78 is 17.9. The molecule has 0 radical (unpaired) electrons. The number of cyclic esters (lactones) is 1. The molecule has 0 unspecified atom stereocenters. The van der Waals surface area contributed by atoms with Crippen LogP contribution in [0.15, 0.2) is 83.6 Å². The fourth-order valence-electron chi connectivity index (χ4n) is 4.09. The van der Waals surface area contributed by atoms with Crippen LogP contribution in [-0.4, -0.2) is 40.8 Å². The van der Waals surface area contributed by atoms with E-state index in [1.165, 1.54) is 12.1 Å². The Bertz CT molecular complexity index is 1620. The van der Waals surface area contributed by atoms with Gasteiger partial charge in [-0.05, 0) is 55.5 Å². The highest BCUT2D eigenvalue weighted by atomic mass is 16.6. The van der Waals surface area contributed by atoms with Crippen LogP contribution in [0.2, 0.25) is 0 Å². The van der Waals surface area contributed by atoms with Crippen molar-refractivity contribution in [2.75, 3.05) is 14.2 Å². The number of aryl methyl sites for hydroxylation is 1. The zero-order valence-corrected chi connectivity index (χ0v) is 20.7. The largest absolute Gasteiger partial charge is 0.493 e. The van der Waals surface area contributed by atoms with Crippen molar-refractivity contribution < 1.29 is 23.9 Å². The van der Waals surface area contributed by atoms with E-state index in [0.29, 0.717) is 33.9 Å². The van der Waals surface area contributed by atoms with Gasteiger partial charge in [0.25, 0.3) is 5.69 Å². The number of aromatic nitrogens is 2. The maximum atomic E-state index is 12.8. The maximum absolute atomic E-state index is 12.8. The number of nitrogens with zero attached hydrogens (tertiary/aromatic N) is 4. The molecule has 0 atom stereocenters. The number of nitro groups is 1. The van der Waals surface area contributed by atoms with Crippen LogP contribution < -0.4 is 9.47 Å². The van der Waals surface area contributed by atoms with Crippen molar-refractivity contribution >= 4 is 23.6 Å². The molecule has 2 heterocycles. The number of hydrogen-bond donors (Lipinski definition) is 0. The summed E-state index contributed by atoms with van der Waals surface area (Å²) in [5.74, 6) is 0.543. The minimum Gasteiger partial charge on any atom is -0.493 e. The highest BCUT2D eigenvalue weighted by Gasteiger charge is 2.26. The van der Waals surface area contributed by atoms with Crippen molar-refractivity contribution in [2.45, 2.75) is 6.92 Å². The van der Waals surface area contributed by atoms with Crippen LogP contribution in [0.5, 0.6) is 11.5 Å². The first kappa shape index (κ1) is 24.4. The predicted octanol–water partition coefficient (Wildman–Crippen LogP) is 5.12. The molecule has 0 saturated carbocycles. The van der Waals surface area contributed by atoms with E-state index in [1.54, 1.807) is 56.3 Å². The molecule has 0 amide bonds. The number of hydrogen-bond acceptors (Lipinski definition) is 8. The fourth-order valence-corrected chi connectivity index (χ4v) is 4.09. The van der Waals surface area contributed by atoms with E-state index in [4.69, 9.17) is 19.3 Å². The molecule has 190 valence electrons. The third kappa shape index (κ3) is 4.62. The number of ether oxygens (including phenoxy) is 3. The monoisotopic (exact) mass is 510 g/mol. The van der Waals surface area contributed by atoms with Gasteiger partial charge in [0.1, 0.15) is 5.69 Å². The Morgan fingerprint density at radius 3 is 2.39 bits per heavy atom. The number of rotatable bonds is 7. The standard InChI is InChI=1S/C28H22N4O6/c1-17-13-19(9-11-23(17)32(34)35)27-29-22(28(33)38-27)14-20-16-31(21-7-5-4-6-8-21)30-26(20)18-10-12-24(36-2)25(15-18)37-3/h4-16H,1-3H3/b22-14-. The van der Waals surface area contributed by atoms with Crippen LogP contribution in [0.25, 0.3) is 23.0 Å². The summed E-state index contributed by atoms with van der Waals surface area (Å²) in [4.78, 5) is 27.8. The second kappa shape index (κ2) is 10.0. The van der Waals surface area contributed by atoms with Crippen LogP contribution in [0, 0.1) is 17.0 Å². The quantitative estimate of drug-likeness (QED) is 0.147. The zero-order valence-electron chi connectivity index (χ0n) is 20.7. The lowest BCUT2D eigenvalue weighted by molar-refractivity contribution is -0.385. The first-order chi connectivity index (χ1) is 18.4. The average molecular weight is 511 g/mol. The molecule has 38 heavy (non-hydrogen) atoms. The molecule has 3 aromatic carbocycles. The number of esters is 1. The Morgan fingerprint density at radius 2 is 1.71 bits per heavy atom. The number of aliphatic imine (C=N–C) groups is 1. The van der Waals surface area contributed by atoms with E-state index in [1.807, 2.05) is 36.4 Å². The molecular weight excluding hydrogens is 488 g/mol.